The summed E-state index contributed by atoms with van der Waals surface area (Å²) >= 11 is 1.59. The Labute approximate surface area is 123 Å². The molecule has 1 atom stereocenters. The van der Waals surface area contributed by atoms with Crippen molar-refractivity contribution in [3.05, 3.63) is 15.6 Å². The number of piperazine rings is 1. The number of rotatable bonds is 2. The zero-order valence-electron chi connectivity index (χ0n) is 12.6. The lowest BCUT2D eigenvalue weighted by Gasteiger charge is -2.41. The molecule has 1 aliphatic rings. The van der Waals surface area contributed by atoms with E-state index in [1.54, 1.807) is 16.2 Å². The highest BCUT2D eigenvalue weighted by molar-refractivity contribution is 7.11. The van der Waals surface area contributed by atoms with Crippen LogP contribution in [0.25, 0.3) is 0 Å². The van der Waals surface area contributed by atoms with E-state index in [9.17, 15) is 9.59 Å². The molecule has 2 amide bonds. The van der Waals surface area contributed by atoms with Crippen molar-refractivity contribution in [3.63, 3.8) is 0 Å². The molecule has 1 saturated heterocycles. The summed E-state index contributed by atoms with van der Waals surface area (Å²) in [5.74, 6) is -0.128. The van der Waals surface area contributed by atoms with Crippen molar-refractivity contribution in [2.45, 2.75) is 47.2 Å². The number of aryl methyl sites for hydroxylation is 2. The van der Waals surface area contributed by atoms with Crippen LogP contribution in [0, 0.1) is 19.3 Å². The molecular weight excluding hydrogens is 274 g/mol. The Bertz CT molecular complexity index is 526. The van der Waals surface area contributed by atoms with Gasteiger partial charge in [0, 0.05) is 4.88 Å². The molecule has 1 aliphatic heterocycles. The van der Waals surface area contributed by atoms with Gasteiger partial charge in [-0.05, 0) is 19.3 Å². The summed E-state index contributed by atoms with van der Waals surface area (Å²) in [6.07, 6.45) is 0. The molecule has 0 spiro atoms. The summed E-state index contributed by atoms with van der Waals surface area (Å²) in [5, 5.41) is 3.56. The molecule has 110 valence electrons. The second kappa shape index (κ2) is 5.16. The molecule has 0 radical (unpaired) electrons. The molecular formula is C14H21N3O2S. The van der Waals surface area contributed by atoms with Crippen molar-refractivity contribution < 1.29 is 9.59 Å². The molecule has 20 heavy (non-hydrogen) atoms. The number of hydrogen-bond acceptors (Lipinski definition) is 4. The van der Waals surface area contributed by atoms with Crippen LogP contribution in [0.1, 0.15) is 36.3 Å². The molecule has 5 nitrogen and oxygen atoms in total. The van der Waals surface area contributed by atoms with Gasteiger partial charge in [0.25, 0.3) is 0 Å². The van der Waals surface area contributed by atoms with E-state index in [0.29, 0.717) is 6.54 Å². The lowest BCUT2D eigenvalue weighted by atomic mass is 9.84. The van der Waals surface area contributed by atoms with Crippen LogP contribution in [0.15, 0.2) is 0 Å². The number of nitrogens with one attached hydrogen (secondary N) is 1. The summed E-state index contributed by atoms with van der Waals surface area (Å²) in [6, 6.07) is -0.451. The van der Waals surface area contributed by atoms with Crippen molar-refractivity contribution in [1.82, 2.24) is 15.2 Å². The SMILES string of the molecule is Cc1nc(CN2C(=O)CNC(=O)C2C(C)(C)C)sc1C. The maximum atomic E-state index is 12.2. The van der Waals surface area contributed by atoms with E-state index in [-0.39, 0.29) is 23.8 Å². The Morgan fingerprint density at radius 3 is 2.50 bits per heavy atom. The standard InChI is InChI=1S/C14H21N3O2S/c1-8-9(2)20-10(16-8)7-17-11(18)6-15-13(19)12(17)14(3,4)5/h12H,6-7H2,1-5H3,(H,15,19). The van der Waals surface area contributed by atoms with Crippen LogP contribution in [0.4, 0.5) is 0 Å². The smallest absolute Gasteiger partial charge is 0.243 e. The molecule has 1 aromatic heterocycles. The minimum Gasteiger partial charge on any atom is -0.345 e. The zero-order valence-corrected chi connectivity index (χ0v) is 13.4. The van der Waals surface area contributed by atoms with Crippen LogP contribution in [-0.2, 0) is 16.1 Å². The fraction of sp³-hybridized carbons (Fsp3) is 0.643. The van der Waals surface area contributed by atoms with Crippen LogP contribution in [0.3, 0.4) is 0 Å². The number of hydrogen-bond donors (Lipinski definition) is 1. The van der Waals surface area contributed by atoms with E-state index in [2.05, 4.69) is 10.3 Å². The van der Waals surface area contributed by atoms with Crippen LogP contribution >= 0.6 is 11.3 Å². The number of aromatic nitrogens is 1. The first-order chi connectivity index (χ1) is 9.20. The van der Waals surface area contributed by atoms with Crippen LogP contribution in [-0.4, -0.2) is 34.3 Å². The Morgan fingerprint density at radius 2 is 2.00 bits per heavy atom. The highest BCUT2D eigenvalue weighted by Gasteiger charge is 2.42. The highest BCUT2D eigenvalue weighted by atomic mass is 32.1. The fourth-order valence-electron chi connectivity index (χ4n) is 2.44. The normalized spacial score (nSPS) is 20.2. The third-order valence-corrected chi connectivity index (χ3v) is 4.55. The summed E-state index contributed by atoms with van der Waals surface area (Å²) in [5.41, 5.74) is 0.688. The molecule has 1 unspecified atom stereocenters. The average Bonchev–Trinajstić information content (AvgIpc) is 2.61. The van der Waals surface area contributed by atoms with E-state index in [1.807, 2.05) is 34.6 Å². The van der Waals surface area contributed by atoms with Gasteiger partial charge >= 0.3 is 0 Å². The Kier molecular flexibility index (Phi) is 3.86. The first-order valence-corrected chi connectivity index (χ1v) is 7.52. The number of nitrogens with zero attached hydrogens (tertiary/aromatic N) is 2. The van der Waals surface area contributed by atoms with Gasteiger partial charge in [-0.25, -0.2) is 4.98 Å². The molecule has 1 fully saturated rings. The van der Waals surface area contributed by atoms with E-state index in [0.717, 1.165) is 15.6 Å². The Morgan fingerprint density at radius 1 is 1.35 bits per heavy atom. The summed E-state index contributed by atoms with van der Waals surface area (Å²) in [6.45, 7) is 10.4. The number of amides is 2. The van der Waals surface area contributed by atoms with Gasteiger partial charge in [-0.15, -0.1) is 11.3 Å². The Balaban J connectivity index is 2.29. The van der Waals surface area contributed by atoms with E-state index in [4.69, 9.17) is 0 Å². The van der Waals surface area contributed by atoms with Crippen molar-refractivity contribution in [2.75, 3.05) is 6.54 Å². The van der Waals surface area contributed by atoms with Gasteiger partial charge in [0.15, 0.2) is 0 Å². The topological polar surface area (TPSA) is 62.3 Å². The molecule has 6 heteroatoms. The van der Waals surface area contributed by atoms with Gasteiger partial charge in [-0.3, -0.25) is 9.59 Å². The zero-order chi connectivity index (χ0) is 15.1. The van der Waals surface area contributed by atoms with Crippen molar-refractivity contribution >= 4 is 23.2 Å². The molecule has 0 aromatic carbocycles. The van der Waals surface area contributed by atoms with Gasteiger partial charge in [0.05, 0.1) is 18.8 Å². The Hall–Kier alpha value is -1.43. The van der Waals surface area contributed by atoms with Gasteiger partial charge in [0.2, 0.25) is 11.8 Å². The quantitative estimate of drug-likeness (QED) is 0.902. The predicted molar refractivity (Wildman–Crippen MR) is 78.4 cm³/mol. The summed E-state index contributed by atoms with van der Waals surface area (Å²) in [7, 11) is 0. The van der Waals surface area contributed by atoms with E-state index < -0.39 is 6.04 Å². The van der Waals surface area contributed by atoms with E-state index >= 15 is 0 Å². The van der Waals surface area contributed by atoms with Crippen molar-refractivity contribution in [3.8, 4) is 0 Å². The fourth-order valence-corrected chi connectivity index (χ4v) is 3.37. The van der Waals surface area contributed by atoms with Crippen LogP contribution in [0.5, 0.6) is 0 Å². The molecule has 2 heterocycles. The minimum atomic E-state index is -0.451. The lowest BCUT2D eigenvalue weighted by Crippen LogP contribution is -2.62. The number of thiazole rings is 1. The second-order valence-electron chi connectivity index (χ2n) is 6.26. The highest BCUT2D eigenvalue weighted by Crippen LogP contribution is 2.29. The van der Waals surface area contributed by atoms with Crippen LogP contribution < -0.4 is 5.32 Å². The number of carbonyl (C=O) groups is 2. The minimum absolute atomic E-state index is 0.0463. The molecule has 0 saturated carbocycles. The van der Waals surface area contributed by atoms with Crippen LogP contribution in [0.2, 0.25) is 0 Å². The maximum Gasteiger partial charge on any atom is 0.243 e. The number of carbonyl (C=O) groups excluding carboxylic acids is 2. The molecule has 0 bridgehead atoms. The van der Waals surface area contributed by atoms with Gasteiger partial charge in [-0.1, -0.05) is 20.8 Å². The monoisotopic (exact) mass is 295 g/mol. The summed E-state index contributed by atoms with van der Waals surface area (Å²) < 4.78 is 0. The molecule has 2 rings (SSSR count). The third kappa shape index (κ3) is 2.85. The summed E-state index contributed by atoms with van der Waals surface area (Å²) in [4.78, 5) is 31.6. The largest absolute Gasteiger partial charge is 0.345 e. The average molecular weight is 295 g/mol. The molecule has 1 N–H and O–H groups in total. The first kappa shape index (κ1) is 15.0. The lowest BCUT2D eigenvalue weighted by molar-refractivity contribution is -0.150. The van der Waals surface area contributed by atoms with Gasteiger partial charge in [0.1, 0.15) is 11.0 Å². The maximum absolute atomic E-state index is 12.2. The van der Waals surface area contributed by atoms with Gasteiger partial charge in [-0.2, -0.15) is 0 Å². The molecule has 1 aromatic rings. The van der Waals surface area contributed by atoms with E-state index in [1.165, 1.54) is 0 Å². The predicted octanol–water partition coefficient (Wildman–Crippen LogP) is 1.63. The second-order valence-corrected chi connectivity index (χ2v) is 7.54. The first-order valence-electron chi connectivity index (χ1n) is 6.70. The van der Waals surface area contributed by atoms with Crippen molar-refractivity contribution in [2.24, 2.45) is 5.41 Å². The van der Waals surface area contributed by atoms with Gasteiger partial charge < -0.3 is 10.2 Å². The van der Waals surface area contributed by atoms with Crippen molar-refractivity contribution in [1.29, 1.82) is 0 Å². The molecule has 0 aliphatic carbocycles. The third-order valence-electron chi connectivity index (χ3n) is 3.49.